The number of rotatable bonds is 6. The number of carbonyl (C=O) groups is 3. The third kappa shape index (κ3) is 4.87. The molecule has 1 aliphatic carbocycles. The maximum absolute atomic E-state index is 12.8. The average Bonchev–Trinajstić information content (AvgIpc) is 3.67. The summed E-state index contributed by atoms with van der Waals surface area (Å²) < 4.78 is 0. The summed E-state index contributed by atoms with van der Waals surface area (Å²) in [6.45, 7) is 2.72. The van der Waals surface area contributed by atoms with Crippen LogP contribution in [0.25, 0.3) is 0 Å². The van der Waals surface area contributed by atoms with Gasteiger partial charge in [-0.15, -0.1) is 0 Å². The summed E-state index contributed by atoms with van der Waals surface area (Å²) in [4.78, 5) is 43.4. The number of piperazine rings is 1. The van der Waals surface area contributed by atoms with Crippen molar-refractivity contribution in [3.63, 3.8) is 0 Å². The minimum atomic E-state index is -0.345. The van der Waals surface area contributed by atoms with E-state index in [0.29, 0.717) is 24.3 Å². The molecule has 0 radical (unpaired) electrons. The zero-order valence-electron chi connectivity index (χ0n) is 17.8. The molecule has 2 fully saturated rings. The van der Waals surface area contributed by atoms with E-state index in [1.807, 2.05) is 18.2 Å². The Morgan fingerprint density at radius 3 is 2.26 bits per heavy atom. The number of nitrogens with one attached hydrogen (secondary N) is 1. The van der Waals surface area contributed by atoms with Gasteiger partial charge in [0.05, 0.1) is 17.8 Å². The highest BCUT2D eigenvalue weighted by Crippen LogP contribution is 2.33. The number of amides is 3. The molecule has 1 N–H and O–H groups in total. The fourth-order valence-corrected chi connectivity index (χ4v) is 3.90. The van der Waals surface area contributed by atoms with Crippen molar-refractivity contribution in [3.05, 3.63) is 60.2 Å². The van der Waals surface area contributed by atoms with Crippen LogP contribution in [-0.4, -0.2) is 62.4 Å². The third-order valence-electron chi connectivity index (χ3n) is 5.92. The predicted octanol–water partition coefficient (Wildman–Crippen LogP) is 2.14. The molecule has 7 heteroatoms. The number of benzene rings is 2. The normalized spacial score (nSPS) is 16.0. The van der Waals surface area contributed by atoms with E-state index >= 15 is 0 Å². The van der Waals surface area contributed by atoms with Crippen LogP contribution < -0.4 is 15.1 Å². The van der Waals surface area contributed by atoms with Crippen LogP contribution in [0.2, 0.25) is 0 Å². The van der Waals surface area contributed by atoms with Crippen molar-refractivity contribution in [3.8, 4) is 0 Å². The average molecular weight is 421 g/mol. The van der Waals surface area contributed by atoms with E-state index in [0.717, 1.165) is 31.6 Å². The summed E-state index contributed by atoms with van der Waals surface area (Å²) in [5.41, 5.74) is 2.13. The van der Waals surface area contributed by atoms with Crippen LogP contribution >= 0.6 is 0 Å². The lowest BCUT2D eigenvalue weighted by molar-refractivity contribution is -0.130. The quantitative estimate of drug-likeness (QED) is 0.777. The van der Waals surface area contributed by atoms with Gasteiger partial charge in [0.15, 0.2) is 0 Å². The Hall–Kier alpha value is -3.35. The molecule has 2 aliphatic rings. The molecule has 2 aromatic rings. The number of para-hydroxylation sites is 2. The first-order valence-electron chi connectivity index (χ1n) is 10.8. The van der Waals surface area contributed by atoms with Gasteiger partial charge in [-0.3, -0.25) is 14.4 Å². The Kier molecular flexibility index (Phi) is 6.21. The van der Waals surface area contributed by atoms with Gasteiger partial charge >= 0.3 is 0 Å². The molecule has 0 bridgehead atoms. The van der Waals surface area contributed by atoms with Crippen LogP contribution in [0.15, 0.2) is 54.6 Å². The number of anilines is 2. The monoisotopic (exact) mass is 420 g/mol. The topological polar surface area (TPSA) is 73.0 Å². The number of nitrogens with zero attached hydrogens (tertiary/aromatic N) is 3. The highest BCUT2D eigenvalue weighted by atomic mass is 16.2. The number of hydrogen-bond acceptors (Lipinski definition) is 4. The molecule has 1 saturated carbocycles. The second-order valence-corrected chi connectivity index (χ2v) is 8.07. The first-order chi connectivity index (χ1) is 15.0. The Bertz CT molecular complexity index is 950. The van der Waals surface area contributed by atoms with Crippen LogP contribution in [-0.2, 0) is 9.59 Å². The van der Waals surface area contributed by atoms with Crippen molar-refractivity contribution < 1.29 is 14.4 Å². The van der Waals surface area contributed by atoms with E-state index in [2.05, 4.69) is 22.3 Å². The van der Waals surface area contributed by atoms with E-state index in [4.69, 9.17) is 0 Å². The van der Waals surface area contributed by atoms with E-state index in [9.17, 15) is 14.4 Å². The van der Waals surface area contributed by atoms with Gasteiger partial charge in [0.25, 0.3) is 5.91 Å². The molecule has 4 rings (SSSR count). The minimum Gasteiger partial charge on any atom is -0.368 e. The Labute approximate surface area is 182 Å². The summed E-state index contributed by atoms with van der Waals surface area (Å²) >= 11 is 0. The molecule has 1 aliphatic heterocycles. The Morgan fingerprint density at radius 2 is 1.58 bits per heavy atom. The SMILES string of the molecule is CN(C(=O)C1CC1)c1ccccc1C(=O)NCC(=O)N1CCN(c2ccccc2)CC1. The predicted molar refractivity (Wildman–Crippen MR) is 120 cm³/mol. The molecule has 0 aromatic heterocycles. The molecule has 0 spiro atoms. The Balaban J connectivity index is 1.31. The number of hydrogen-bond donors (Lipinski definition) is 1. The van der Waals surface area contributed by atoms with E-state index in [1.165, 1.54) is 0 Å². The van der Waals surface area contributed by atoms with Gasteiger partial charge in [-0.1, -0.05) is 30.3 Å². The lowest BCUT2D eigenvalue weighted by Gasteiger charge is -2.36. The zero-order valence-corrected chi connectivity index (χ0v) is 17.8. The Morgan fingerprint density at radius 1 is 0.935 bits per heavy atom. The molecule has 1 heterocycles. The zero-order chi connectivity index (χ0) is 21.8. The molecule has 31 heavy (non-hydrogen) atoms. The van der Waals surface area contributed by atoms with Gasteiger partial charge < -0.3 is 20.0 Å². The van der Waals surface area contributed by atoms with Crippen molar-refractivity contribution in [1.29, 1.82) is 0 Å². The van der Waals surface area contributed by atoms with Gasteiger partial charge in [0, 0.05) is 44.8 Å². The maximum atomic E-state index is 12.8. The van der Waals surface area contributed by atoms with Gasteiger partial charge in [-0.05, 0) is 37.1 Å². The van der Waals surface area contributed by atoms with Gasteiger partial charge in [-0.25, -0.2) is 0 Å². The van der Waals surface area contributed by atoms with Gasteiger partial charge in [-0.2, -0.15) is 0 Å². The van der Waals surface area contributed by atoms with Crippen LogP contribution in [0.5, 0.6) is 0 Å². The maximum Gasteiger partial charge on any atom is 0.253 e. The van der Waals surface area contributed by atoms with Crippen molar-refractivity contribution >= 4 is 29.1 Å². The van der Waals surface area contributed by atoms with Crippen molar-refractivity contribution in [1.82, 2.24) is 10.2 Å². The second-order valence-electron chi connectivity index (χ2n) is 8.07. The standard InChI is InChI=1S/C24H28N4O3/c1-26(24(31)18-11-12-18)21-10-6-5-9-20(21)23(30)25-17-22(29)28-15-13-27(14-16-28)19-7-3-2-4-8-19/h2-10,18H,11-17H2,1H3,(H,25,30). The van der Waals surface area contributed by atoms with E-state index in [1.54, 1.807) is 41.1 Å². The van der Waals surface area contributed by atoms with E-state index < -0.39 is 0 Å². The minimum absolute atomic E-state index is 0.0348. The first-order valence-corrected chi connectivity index (χ1v) is 10.8. The van der Waals surface area contributed by atoms with Gasteiger partial charge in [0.1, 0.15) is 0 Å². The van der Waals surface area contributed by atoms with Crippen LogP contribution in [0.3, 0.4) is 0 Å². The molecule has 3 amide bonds. The molecule has 0 unspecified atom stereocenters. The van der Waals surface area contributed by atoms with Crippen LogP contribution in [0.4, 0.5) is 11.4 Å². The third-order valence-corrected chi connectivity index (χ3v) is 5.92. The first kappa shape index (κ1) is 20.9. The molecule has 1 saturated heterocycles. The molecule has 0 atom stereocenters. The summed E-state index contributed by atoms with van der Waals surface area (Å²) in [6.07, 6.45) is 1.81. The van der Waals surface area contributed by atoms with Crippen molar-refractivity contribution in [2.75, 3.05) is 49.6 Å². The molecular weight excluding hydrogens is 392 g/mol. The number of carbonyl (C=O) groups excluding carboxylic acids is 3. The summed E-state index contributed by atoms with van der Waals surface area (Å²) in [5.74, 6) is -0.340. The van der Waals surface area contributed by atoms with Crippen molar-refractivity contribution in [2.24, 2.45) is 5.92 Å². The summed E-state index contributed by atoms with van der Waals surface area (Å²) in [6, 6.07) is 17.2. The fraction of sp³-hybridized carbons (Fsp3) is 0.375. The largest absolute Gasteiger partial charge is 0.368 e. The second kappa shape index (κ2) is 9.20. The highest BCUT2D eigenvalue weighted by molar-refractivity contribution is 6.06. The molecular formula is C24H28N4O3. The fourth-order valence-electron chi connectivity index (χ4n) is 3.90. The summed E-state index contributed by atoms with van der Waals surface area (Å²) in [5, 5.41) is 2.74. The lowest BCUT2D eigenvalue weighted by Crippen LogP contribution is -2.51. The van der Waals surface area contributed by atoms with Gasteiger partial charge in [0.2, 0.25) is 11.8 Å². The van der Waals surface area contributed by atoms with E-state index in [-0.39, 0.29) is 30.2 Å². The lowest BCUT2D eigenvalue weighted by atomic mass is 10.1. The molecule has 2 aromatic carbocycles. The smallest absolute Gasteiger partial charge is 0.253 e. The summed E-state index contributed by atoms with van der Waals surface area (Å²) in [7, 11) is 1.70. The molecule has 162 valence electrons. The molecule has 7 nitrogen and oxygen atoms in total. The van der Waals surface area contributed by atoms with Crippen LogP contribution in [0, 0.1) is 5.92 Å². The van der Waals surface area contributed by atoms with Crippen molar-refractivity contribution in [2.45, 2.75) is 12.8 Å². The van der Waals surface area contributed by atoms with Crippen LogP contribution in [0.1, 0.15) is 23.2 Å². The highest BCUT2D eigenvalue weighted by Gasteiger charge is 2.33.